The van der Waals surface area contributed by atoms with Gasteiger partial charge in [-0.2, -0.15) is 0 Å². The predicted molar refractivity (Wildman–Crippen MR) is 70.4 cm³/mol. The molecule has 0 saturated carbocycles. The van der Waals surface area contributed by atoms with Gasteiger partial charge in [0.25, 0.3) is 0 Å². The fourth-order valence-corrected chi connectivity index (χ4v) is 2.94. The maximum Gasteiger partial charge on any atom is 0.115 e. The van der Waals surface area contributed by atoms with Crippen LogP contribution in [0.3, 0.4) is 0 Å². The largest absolute Gasteiger partial charge is 0.508 e. The average Bonchev–Trinajstić information content (AvgIpc) is 2.28. The quantitative estimate of drug-likeness (QED) is 0.722. The molecule has 86 valence electrons. The third kappa shape index (κ3) is 1.62. The highest BCUT2D eigenvalue weighted by molar-refractivity contribution is 5.77. The van der Waals surface area contributed by atoms with E-state index in [2.05, 4.69) is 26.0 Å². The van der Waals surface area contributed by atoms with Crippen molar-refractivity contribution in [1.82, 2.24) is 0 Å². The van der Waals surface area contributed by atoms with Crippen LogP contribution in [0.15, 0.2) is 30.3 Å². The second-order valence-corrected chi connectivity index (χ2v) is 4.96. The molecular formula is C16H16O. The zero-order valence-corrected chi connectivity index (χ0v) is 10.2. The van der Waals surface area contributed by atoms with Gasteiger partial charge in [-0.05, 0) is 66.6 Å². The van der Waals surface area contributed by atoms with E-state index in [1.807, 2.05) is 12.1 Å². The topological polar surface area (TPSA) is 20.2 Å². The van der Waals surface area contributed by atoms with Gasteiger partial charge in [0.05, 0.1) is 0 Å². The summed E-state index contributed by atoms with van der Waals surface area (Å²) in [5.41, 5.74) is 8.05. The average molecular weight is 224 g/mol. The molecule has 0 bridgehead atoms. The van der Waals surface area contributed by atoms with Gasteiger partial charge in [-0.15, -0.1) is 0 Å². The van der Waals surface area contributed by atoms with Gasteiger partial charge in [0, 0.05) is 0 Å². The van der Waals surface area contributed by atoms with Crippen LogP contribution in [-0.2, 0) is 12.8 Å². The van der Waals surface area contributed by atoms with E-state index in [1.54, 1.807) is 6.07 Å². The number of hydrogen-bond acceptors (Lipinski definition) is 1. The maximum absolute atomic E-state index is 9.55. The van der Waals surface area contributed by atoms with Crippen molar-refractivity contribution < 1.29 is 5.11 Å². The Bertz CT molecular complexity index is 597. The van der Waals surface area contributed by atoms with E-state index in [1.165, 1.54) is 33.4 Å². The molecule has 3 rings (SSSR count). The number of rotatable bonds is 0. The number of phenolic OH excluding ortho intramolecular Hbond substituents is 1. The minimum Gasteiger partial charge on any atom is -0.508 e. The summed E-state index contributed by atoms with van der Waals surface area (Å²) in [5, 5.41) is 9.55. The maximum atomic E-state index is 9.55. The van der Waals surface area contributed by atoms with E-state index in [0.29, 0.717) is 5.75 Å². The van der Waals surface area contributed by atoms with Crippen LogP contribution in [0.25, 0.3) is 11.1 Å². The molecule has 0 aliphatic heterocycles. The van der Waals surface area contributed by atoms with Crippen molar-refractivity contribution in [3.63, 3.8) is 0 Å². The third-order valence-corrected chi connectivity index (χ3v) is 3.58. The first kappa shape index (κ1) is 10.4. The van der Waals surface area contributed by atoms with Crippen molar-refractivity contribution in [2.45, 2.75) is 26.7 Å². The van der Waals surface area contributed by atoms with E-state index in [4.69, 9.17) is 0 Å². The molecule has 0 fully saturated rings. The molecule has 1 aliphatic carbocycles. The molecule has 0 amide bonds. The Kier molecular flexibility index (Phi) is 2.22. The smallest absolute Gasteiger partial charge is 0.115 e. The van der Waals surface area contributed by atoms with Gasteiger partial charge in [0.2, 0.25) is 0 Å². The molecule has 0 atom stereocenters. The first-order valence-corrected chi connectivity index (χ1v) is 6.07. The van der Waals surface area contributed by atoms with E-state index >= 15 is 0 Å². The molecule has 2 aromatic rings. The summed E-state index contributed by atoms with van der Waals surface area (Å²) in [4.78, 5) is 0. The number of aryl methyl sites for hydroxylation is 4. The highest BCUT2D eigenvalue weighted by Crippen LogP contribution is 2.37. The van der Waals surface area contributed by atoms with Crippen LogP contribution >= 0.6 is 0 Å². The van der Waals surface area contributed by atoms with E-state index in [-0.39, 0.29) is 0 Å². The van der Waals surface area contributed by atoms with E-state index < -0.39 is 0 Å². The summed E-state index contributed by atoms with van der Waals surface area (Å²) in [6.45, 7) is 4.33. The van der Waals surface area contributed by atoms with Crippen molar-refractivity contribution in [3.05, 3.63) is 52.6 Å². The third-order valence-electron chi connectivity index (χ3n) is 3.58. The SMILES string of the molecule is Cc1cc(C)c2c(c1)CCc1cc(O)ccc1-2. The molecule has 2 aromatic carbocycles. The Labute approximate surface area is 102 Å². The molecular weight excluding hydrogens is 208 g/mol. The molecule has 0 radical (unpaired) electrons. The second-order valence-electron chi connectivity index (χ2n) is 4.96. The van der Waals surface area contributed by atoms with Gasteiger partial charge in [-0.1, -0.05) is 23.8 Å². The standard InChI is InChI=1S/C16H16O/c1-10-7-11(2)16-13(8-10)4-3-12-9-14(17)5-6-15(12)16/h5-9,17H,3-4H2,1-2H3. The zero-order chi connectivity index (χ0) is 12.0. The Morgan fingerprint density at radius 3 is 2.53 bits per heavy atom. The first-order chi connectivity index (χ1) is 8.15. The number of fused-ring (bicyclic) bond motifs is 3. The second kappa shape index (κ2) is 3.63. The lowest BCUT2D eigenvalue weighted by atomic mass is 9.82. The lowest BCUT2D eigenvalue weighted by molar-refractivity contribution is 0.474. The van der Waals surface area contributed by atoms with Gasteiger partial charge in [-0.3, -0.25) is 0 Å². The molecule has 0 saturated heterocycles. The molecule has 0 aromatic heterocycles. The summed E-state index contributed by atoms with van der Waals surface area (Å²) in [6, 6.07) is 10.3. The number of phenols is 1. The van der Waals surface area contributed by atoms with Gasteiger partial charge in [0.15, 0.2) is 0 Å². The van der Waals surface area contributed by atoms with Crippen molar-refractivity contribution in [2.24, 2.45) is 0 Å². The fourth-order valence-electron chi connectivity index (χ4n) is 2.94. The molecule has 0 unspecified atom stereocenters. The molecule has 17 heavy (non-hydrogen) atoms. The molecule has 0 heterocycles. The van der Waals surface area contributed by atoms with Crippen LogP contribution < -0.4 is 0 Å². The fraction of sp³-hybridized carbons (Fsp3) is 0.250. The van der Waals surface area contributed by atoms with E-state index in [0.717, 1.165) is 12.8 Å². The molecule has 1 N–H and O–H groups in total. The van der Waals surface area contributed by atoms with Crippen LogP contribution in [-0.4, -0.2) is 5.11 Å². The molecule has 1 heteroatoms. The number of hydrogen-bond donors (Lipinski definition) is 1. The summed E-state index contributed by atoms with van der Waals surface area (Å²) in [6.07, 6.45) is 2.11. The highest BCUT2D eigenvalue weighted by atomic mass is 16.3. The predicted octanol–water partition coefficient (Wildman–Crippen LogP) is 3.77. The summed E-state index contributed by atoms with van der Waals surface area (Å²) in [5.74, 6) is 0.372. The summed E-state index contributed by atoms with van der Waals surface area (Å²) < 4.78 is 0. The van der Waals surface area contributed by atoms with Crippen molar-refractivity contribution >= 4 is 0 Å². The summed E-state index contributed by atoms with van der Waals surface area (Å²) >= 11 is 0. The van der Waals surface area contributed by atoms with Crippen LogP contribution in [0, 0.1) is 13.8 Å². The van der Waals surface area contributed by atoms with Crippen LogP contribution in [0.1, 0.15) is 22.3 Å². The number of benzene rings is 2. The van der Waals surface area contributed by atoms with Crippen LogP contribution in [0.5, 0.6) is 5.75 Å². The van der Waals surface area contributed by atoms with Gasteiger partial charge >= 0.3 is 0 Å². The molecule has 0 spiro atoms. The highest BCUT2D eigenvalue weighted by Gasteiger charge is 2.18. The molecule has 1 nitrogen and oxygen atoms in total. The molecule has 1 aliphatic rings. The van der Waals surface area contributed by atoms with Crippen molar-refractivity contribution in [1.29, 1.82) is 0 Å². The van der Waals surface area contributed by atoms with Crippen molar-refractivity contribution in [2.75, 3.05) is 0 Å². The minimum atomic E-state index is 0.372. The minimum absolute atomic E-state index is 0.372. The Hall–Kier alpha value is -1.76. The van der Waals surface area contributed by atoms with Gasteiger partial charge in [0.1, 0.15) is 5.75 Å². The zero-order valence-electron chi connectivity index (χ0n) is 10.2. The Morgan fingerprint density at radius 1 is 0.941 bits per heavy atom. The lowest BCUT2D eigenvalue weighted by Gasteiger charge is -2.22. The van der Waals surface area contributed by atoms with Gasteiger partial charge in [-0.25, -0.2) is 0 Å². The van der Waals surface area contributed by atoms with Crippen LogP contribution in [0.4, 0.5) is 0 Å². The van der Waals surface area contributed by atoms with Gasteiger partial charge < -0.3 is 5.11 Å². The number of aromatic hydroxyl groups is 1. The Morgan fingerprint density at radius 2 is 1.71 bits per heavy atom. The van der Waals surface area contributed by atoms with Crippen molar-refractivity contribution in [3.8, 4) is 16.9 Å². The van der Waals surface area contributed by atoms with Crippen LogP contribution in [0.2, 0.25) is 0 Å². The normalized spacial score (nSPS) is 13.1. The van der Waals surface area contributed by atoms with E-state index in [9.17, 15) is 5.11 Å². The monoisotopic (exact) mass is 224 g/mol. The lowest BCUT2D eigenvalue weighted by Crippen LogP contribution is -2.05. The first-order valence-electron chi connectivity index (χ1n) is 6.07. The Balaban J connectivity index is 2.29. The summed E-state index contributed by atoms with van der Waals surface area (Å²) in [7, 11) is 0.